The summed E-state index contributed by atoms with van der Waals surface area (Å²) in [6.07, 6.45) is 0.827. The quantitative estimate of drug-likeness (QED) is 0.543. The molecule has 1 aromatic carbocycles. The van der Waals surface area contributed by atoms with Gasteiger partial charge in [-0.2, -0.15) is 0 Å². The predicted octanol–water partition coefficient (Wildman–Crippen LogP) is 1.17. The van der Waals surface area contributed by atoms with Crippen LogP contribution in [-0.2, 0) is 16.3 Å². The second kappa shape index (κ2) is 9.99. The van der Waals surface area contributed by atoms with E-state index in [-0.39, 0.29) is 11.5 Å². The zero-order chi connectivity index (χ0) is 18.1. The molecule has 1 aliphatic heterocycles. The number of sulfone groups is 1. The molecule has 0 aliphatic carbocycles. The predicted molar refractivity (Wildman–Crippen MR) is 104 cm³/mol. The van der Waals surface area contributed by atoms with E-state index in [0.717, 1.165) is 42.6 Å². The van der Waals surface area contributed by atoms with E-state index in [1.807, 2.05) is 31.2 Å². The molecule has 0 saturated carbocycles. The van der Waals surface area contributed by atoms with Gasteiger partial charge in [0.2, 0.25) is 0 Å². The van der Waals surface area contributed by atoms with Gasteiger partial charge in [-0.05, 0) is 25.0 Å². The van der Waals surface area contributed by atoms with Gasteiger partial charge in [-0.3, -0.25) is 9.89 Å². The Kier molecular flexibility index (Phi) is 7.99. The van der Waals surface area contributed by atoms with E-state index in [4.69, 9.17) is 11.6 Å². The van der Waals surface area contributed by atoms with Crippen molar-refractivity contribution in [3.63, 3.8) is 0 Å². The molecule has 2 rings (SSSR count). The zero-order valence-electron chi connectivity index (χ0n) is 14.7. The van der Waals surface area contributed by atoms with Gasteiger partial charge >= 0.3 is 0 Å². The normalized spacial score (nSPS) is 18.1. The van der Waals surface area contributed by atoms with Crippen molar-refractivity contribution >= 4 is 27.4 Å². The number of guanidine groups is 1. The Morgan fingerprint density at radius 1 is 1.24 bits per heavy atom. The van der Waals surface area contributed by atoms with E-state index >= 15 is 0 Å². The lowest BCUT2D eigenvalue weighted by molar-refractivity contribution is 0.304. The minimum absolute atomic E-state index is 0.257. The van der Waals surface area contributed by atoms with E-state index in [1.54, 1.807) is 0 Å². The second-order valence-electron chi connectivity index (χ2n) is 6.02. The van der Waals surface area contributed by atoms with Crippen molar-refractivity contribution in [3.8, 4) is 0 Å². The molecule has 1 heterocycles. The number of hydrogen-bond acceptors (Lipinski definition) is 4. The first-order chi connectivity index (χ1) is 12.0. The van der Waals surface area contributed by atoms with E-state index in [2.05, 4.69) is 20.5 Å². The molecule has 0 amide bonds. The molecule has 0 spiro atoms. The Bertz CT molecular complexity index is 665. The Labute approximate surface area is 155 Å². The molecular formula is C17H27ClN4O2S. The lowest BCUT2D eigenvalue weighted by Crippen LogP contribution is -2.42. The third-order valence-electron chi connectivity index (χ3n) is 4.11. The van der Waals surface area contributed by atoms with Crippen LogP contribution in [0, 0.1) is 0 Å². The van der Waals surface area contributed by atoms with Gasteiger partial charge in [0, 0.05) is 37.7 Å². The van der Waals surface area contributed by atoms with Crippen molar-refractivity contribution in [3.05, 3.63) is 34.9 Å². The molecule has 25 heavy (non-hydrogen) atoms. The van der Waals surface area contributed by atoms with Crippen LogP contribution in [0.15, 0.2) is 29.3 Å². The highest BCUT2D eigenvalue weighted by molar-refractivity contribution is 7.91. The summed E-state index contributed by atoms with van der Waals surface area (Å²) in [5.41, 5.74) is 1.11. The lowest BCUT2D eigenvalue weighted by atomic mass is 10.1. The standard InChI is InChI=1S/C17H27ClN4O2S/c1-2-19-17(20-8-7-15-5-3-4-6-16(15)18)21-9-10-22-11-13-25(23,24)14-12-22/h3-6H,2,7-14H2,1H3,(H2,19,20,21). The summed E-state index contributed by atoms with van der Waals surface area (Å²) in [7, 11) is -2.82. The van der Waals surface area contributed by atoms with E-state index in [0.29, 0.717) is 19.6 Å². The monoisotopic (exact) mass is 386 g/mol. The van der Waals surface area contributed by atoms with Crippen LogP contribution in [0.4, 0.5) is 0 Å². The maximum Gasteiger partial charge on any atom is 0.191 e. The van der Waals surface area contributed by atoms with Crippen molar-refractivity contribution in [1.82, 2.24) is 15.5 Å². The Balaban J connectivity index is 1.75. The van der Waals surface area contributed by atoms with Gasteiger partial charge in [0.15, 0.2) is 15.8 Å². The summed E-state index contributed by atoms with van der Waals surface area (Å²) in [5, 5.41) is 7.32. The maximum atomic E-state index is 11.4. The second-order valence-corrected chi connectivity index (χ2v) is 8.73. The molecule has 140 valence electrons. The molecule has 1 fully saturated rings. The molecule has 0 atom stereocenters. The molecule has 0 unspecified atom stereocenters. The summed E-state index contributed by atoms with van der Waals surface area (Å²) in [6.45, 7) is 6.19. The first-order valence-corrected chi connectivity index (χ1v) is 10.9. The highest BCUT2D eigenvalue weighted by Gasteiger charge is 2.20. The average molecular weight is 387 g/mol. The molecule has 0 radical (unpaired) electrons. The maximum absolute atomic E-state index is 11.4. The summed E-state index contributed by atoms with van der Waals surface area (Å²) in [5.74, 6) is 1.29. The first kappa shape index (κ1) is 20.0. The summed E-state index contributed by atoms with van der Waals surface area (Å²) < 4.78 is 22.9. The van der Waals surface area contributed by atoms with Crippen LogP contribution in [-0.4, -0.2) is 70.1 Å². The SMILES string of the molecule is CCNC(=NCCN1CCS(=O)(=O)CC1)NCCc1ccccc1Cl. The van der Waals surface area contributed by atoms with Gasteiger partial charge < -0.3 is 10.6 Å². The number of nitrogens with zero attached hydrogens (tertiary/aromatic N) is 2. The summed E-state index contributed by atoms with van der Waals surface area (Å²) >= 11 is 6.17. The molecule has 1 saturated heterocycles. The third-order valence-corrected chi connectivity index (χ3v) is 6.09. The van der Waals surface area contributed by atoms with E-state index in [1.165, 1.54) is 0 Å². The minimum Gasteiger partial charge on any atom is -0.357 e. The van der Waals surface area contributed by atoms with Crippen LogP contribution >= 0.6 is 11.6 Å². The van der Waals surface area contributed by atoms with Crippen molar-refractivity contribution in [2.24, 2.45) is 4.99 Å². The van der Waals surface area contributed by atoms with Crippen molar-refractivity contribution < 1.29 is 8.42 Å². The first-order valence-electron chi connectivity index (χ1n) is 8.68. The molecule has 1 aromatic rings. The number of benzene rings is 1. The number of halogens is 1. The van der Waals surface area contributed by atoms with Gasteiger partial charge in [0.1, 0.15) is 0 Å². The van der Waals surface area contributed by atoms with Crippen molar-refractivity contribution in [2.75, 3.05) is 50.8 Å². The fraction of sp³-hybridized carbons (Fsp3) is 0.588. The fourth-order valence-electron chi connectivity index (χ4n) is 2.64. The number of rotatable bonds is 7. The van der Waals surface area contributed by atoms with E-state index < -0.39 is 9.84 Å². The molecular weight excluding hydrogens is 360 g/mol. The fourth-order valence-corrected chi connectivity index (χ4v) is 4.14. The van der Waals surface area contributed by atoms with Crippen LogP contribution in [0.5, 0.6) is 0 Å². The molecule has 0 aromatic heterocycles. The van der Waals surface area contributed by atoms with Gasteiger partial charge in [0.25, 0.3) is 0 Å². The summed E-state index contributed by atoms with van der Waals surface area (Å²) in [6, 6.07) is 7.84. The Hall–Kier alpha value is -1.31. The molecule has 6 nitrogen and oxygen atoms in total. The highest BCUT2D eigenvalue weighted by Crippen LogP contribution is 2.14. The Morgan fingerprint density at radius 2 is 1.96 bits per heavy atom. The average Bonchev–Trinajstić information content (AvgIpc) is 2.58. The van der Waals surface area contributed by atoms with Crippen molar-refractivity contribution in [2.45, 2.75) is 13.3 Å². The minimum atomic E-state index is -2.82. The third kappa shape index (κ3) is 7.22. The number of nitrogens with one attached hydrogen (secondary N) is 2. The Morgan fingerprint density at radius 3 is 2.64 bits per heavy atom. The molecule has 0 bridgehead atoms. The number of aliphatic imine (C=N–C) groups is 1. The highest BCUT2D eigenvalue weighted by atomic mass is 35.5. The van der Waals surface area contributed by atoms with Gasteiger partial charge in [-0.15, -0.1) is 0 Å². The van der Waals surface area contributed by atoms with Crippen LogP contribution in [0.3, 0.4) is 0 Å². The zero-order valence-corrected chi connectivity index (χ0v) is 16.2. The number of hydrogen-bond donors (Lipinski definition) is 2. The van der Waals surface area contributed by atoms with Gasteiger partial charge in [0.05, 0.1) is 18.1 Å². The molecule has 1 aliphatic rings. The largest absolute Gasteiger partial charge is 0.357 e. The van der Waals surface area contributed by atoms with Crippen LogP contribution in [0.1, 0.15) is 12.5 Å². The van der Waals surface area contributed by atoms with Gasteiger partial charge in [-0.25, -0.2) is 8.42 Å². The lowest BCUT2D eigenvalue weighted by Gasteiger charge is -2.25. The topological polar surface area (TPSA) is 73.8 Å². The molecule has 2 N–H and O–H groups in total. The van der Waals surface area contributed by atoms with Crippen LogP contribution < -0.4 is 10.6 Å². The molecule has 8 heteroatoms. The van der Waals surface area contributed by atoms with E-state index in [9.17, 15) is 8.42 Å². The van der Waals surface area contributed by atoms with Crippen molar-refractivity contribution in [1.29, 1.82) is 0 Å². The van der Waals surface area contributed by atoms with Gasteiger partial charge in [-0.1, -0.05) is 29.8 Å². The van der Waals surface area contributed by atoms with Crippen LogP contribution in [0.2, 0.25) is 5.02 Å². The van der Waals surface area contributed by atoms with Crippen LogP contribution in [0.25, 0.3) is 0 Å². The smallest absolute Gasteiger partial charge is 0.191 e. The summed E-state index contributed by atoms with van der Waals surface area (Å²) in [4.78, 5) is 6.72.